The van der Waals surface area contributed by atoms with E-state index in [4.69, 9.17) is 5.90 Å². The number of hydrogen-bond donors (Lipinski definition) is 0. The molecule has 0 heterocycles. The molecule has 0 aromatic carbocycles. The van der Waals surface area contributed by atoms with Gasteiger partial charge in [-0.2, -0.15) is 0 Å². The lowest BCUT2D eigenvalue weighted by molar-refractivity contribution is -0.0121. The van der Waals surface area contributed by atoms with E-state index in [1.54, 1.807) is 0 Å². The maximum Gasteiger partial charge on any atom is 0.0828 e. The molecule has 0 aromatic heterocycles. The molecule has 0 aliphatic heterocycles. The Balaban J connectivity index is 2.01. The van der Waals surface area contributed by atoms with Crippen LogP contribution in [0.3, 0.4) is 0 Å². The quantitative estimate of drug-likeness (QED) is 0.427. The smallest absolute Gasteiger partial charge is 0.0828 e. The van der Waals surface area contributed by atoms with E-state index in [0.29, 0.717) is 0 Å². The zero-order chi connectivity index (χ0) is 4.41. The van der Waals surface area contributed by atoms with Crippen LogP contribution in [0.1, 0.15) is 19.3 Å². The third kappa shape index (κ3) is 0.533. The van der Waals surface area contributed by atoms with Gasteiger partial charge in [0.15, 0.2) is 0 Å². The van der Waals surface area contributed by atoms with Crippen molar-refractivity contribution >= 4 is 0 Å². The number of hydrogen-bond acceptors (Lipinski definition) is 1. The van der Waals surface area contributed by atoms with Gasteiger partial charge in [0.1, 0.15) is 0 Å². The summed E-state index contributed by atoms with van der Waals surface area (Å²) < 4.78 is 0. The first-order chi connectivity index (χ1) is 2.93. The van der Waals surface area contributed by atoms with Crippen molar-refractivity contribution in [3.05, 3.63) is 0 Å². The summed E-state index contributed by atoms with van der Waals surface area (Å²) in [6.45, 7) is 0. The summed E-state index contributed by atoms with van der Waals surface area (Å²) in [5.74, 6) is 7.89. The largest absolute Gasteiger partial charge is 0.260 e. The van der Waals surface area contributed by atoms with Crippen LogP contribution in [0, 0.1) is 0 Å². The Morgan fingerprint density at radius 1 is 1.50 bits per heavy atom. The first kappa shape index (κ1) is 4.09. The van der Waals surface area contributed by atoms with E-state index in [1.807, 2.05) is 0 Å². The van der Waals surface area contributed by atoms with Crippen molar-refractivity contribution in [1.82, 2.24) is 5.90 Å². The Kier molecular flexibility index (Phi) is 1.08. The zero-order valence-corrected chi connectivity index (χ0v) is 3.55. The van der Waals surface area contributed by atoms with Gasteiger partial charge < -0.3 is 0 Å². The Morgan fingerprint density at radius 3 is 2.17 bits per heavy atom. The lowest BCUT2D eigenvalue weighted by atomic mass is 9.97. The molecule has 0 N–H and O–H groups in total. The summed E-state index contributed by atoms with van der Waals surface area (Å²) in [7, 11) is 0. The Morgan fingerprint density at radius 2 is 2.17 bits per heavy atom. The van der Waals surface area contributed by atoms with E-state index in [0.717, 1.165) is 12.8 Å². The van der Waals surface area contributed by atoms with Crippen LogP contribution in [-0.4, -0.2) is 6.10 Å². The highest BCUT2D eigenvalue weighted by atomic mass is 16.6. The van der Waals surface area contributed by atoms with E-state index >= 15 is 0 Å². The summed E-state index contributed by atoms with van der Waals surface area (Å²) in [5.41, 5.74) is 0. The van der Waals surface area contributed by atoms with Crippen LogP contribution in [0.25, 0.3) is 0 Å². The first-order valence-corrected chi connectivity index (χ1v) is 2.23. The molecule has 0 amide bonds. The molecule has 0 spiro atoms. The molecule has 6 heavy (non-hydrogen) atoms. The third-order valence-electron chi connectivity index (χ3n) is 1.20. The van der Waals surface area contributed by atoms with E-state index in [-0.39, 0.29) is 6.10 Å². The van der Waals surface area contributed by atoms with Gasteiger partial charge >= 0.3 is 0 Å². The van der Waals surface area contributed by atoms with Crippen LogP contribution in [0.15, 0.2) is 0 Å². The second kappa shape index (κ2) is 1.58. The van der Waals surface area contributed by atoms with Crippen LogP contribution in [-0.2, 0) is 4.84 Å². The second-order valence-corrected chi connectivity index (χ2v) is 1.66. The Labute approximate surface area is 37.2 Å². The predicted octanol–water partition coefficient (Wildman–Crippen LogP) is 0.539. The van der Waals surface area contributed by atoms with Crippen molar-refractivity contribution in [3.63, 3.8) is 0 Å². The Bertz CT molecular complexity index is 40.1. The van der Waals surface area contributed by atoms with Crippen molar-refractivity contribution < 1.29 is 4.84 Å². The SMILES string of the molecule is [N]OC1CCC1. The van der Waals surface area contributed by atoms with Crippen LogP contribution in [0.2, 0.25) is 0 Å². The summed E-state index contributed by atoms with van der Waals surface area (Å²) in [4.78, 5) is 3.99. The number of nitrogens with zero attached hydrogens (tertiary/aromatic N) is 1. The van der Waals surface area contributed by atoms with Gasteiger partial charge in [-0.1, -0.05) is 0 Å². The molecule has 2 heteroatoms. The monoisotopic (exact) mass is 85.1 g/mol. The molecule has 0 atom stereocenters. The zero-order valence-electron chi connectivity index (χ0n) is 3.55. The molecule has 1 saturated carbocycles. The van der Waals surface area contributed by atoms with Gasteiger partial charge in [0.2, 0.25) is 0 Å². The average Bonchev–Trinajstić information content (AvgIpc) is 1.31. The molecule has 2 radical (unpaired) electrons. The van der Waals surface area contributed by atoms with Gasteiger partial charge in [0.05, 0.1) is 6.10 Å². The fourth-order valence-corrected chi connectivity index (χ4v) is 0.476. The minimum atomic E-state index is 0.171. The van der Waals surface area contributed by atoms with Gasteiger partial charge in [-0.3, -0.25) is 4.84 Å². The summed E-state index contributed by atoms with van der Waals surface area (Å²) >= 11 is 0. The van der Waals surface area contributed by atoms with Crippen molar-refractivity contribution in [3.8, 4) is 0 Å². The fraction of sp³-hybridized carbons (Fsp3) is 1.00. The van der Waals surface area contributed by atoms with Crippen LogP contribution >= 0.6 is 0 Å². The molecular weight excluding hydrogens is 78.0 g/mol. The molecule has 1 rings (SSSR count). The second-order valence-electron chi connectivity index (χ2n) is 1.66. The van der Waals surface area contributed by atoms with Crippen molar-refractivity contribution in [2.75, 3.05) is 0 Å². The fourth-order valence-electron chi connectivity index (χ4n) is 0.476. The predicted molar refractivity (Wildman–Crippen MR) is 20.9 cm³/mol. The standard InChI is InChI=1S/C4H7NO/c5-6-4-2-1-3-4/h4H,1-3H2. The molecule has 0 aromatic rings. The highest BCUT2D eigenvalue weighted by Gasteiger charge is 2.16. The molecule has 0 bridgehead atoms. The Hall–Kier alpha value is -0.0800. The molecule has 1 aliphatic rings. The highest BCUT2D eigenvalue weighted by Crippen LogP contribution is 2.19. The van der Waals surface area contributed by atoms with E-state index in [1.165, 1.54) is 6.42 Å². The van der Waals surface area contributed by atoms with E-state index in [9.17, 15) is 0 Å². The molecule has 1 fully saturated rings. The van der Waals surface area contributed by atoms with Gasteiger partial charge in [-0.25, -0.2) is 0 Å². The summed E-state index contributed by atoms with van der Waals surface area (Å²) in [5, 5.41) is 0. The van der Waals surface area contributed by atoms with Crippen LogP contribution in [0.4, 0.5) is 0 Å². The lowest BCUT2D eigenvalue weighted by Gasteiger charge is -2.20. The van der Waals surface area contributed by atoms with Crippen LogP contribution < -0.4 is 5.90 Å². The van der Waals surface area contributed by atoms with Crippen molar-refractivity contribution in [2.24, 2.45) is 0 Å². The first-order valence-electron chi connectivity index (χ1n) is 2.23. The molecule has 2 nitrogen and oxygen atoms in total. The molecular formula is C4H7NO. The number of rotatable bonds is 1. The minimum absolute atomic E-state index is 0.171. The van der Waals surface area contributed by atoms with Gasteiger partial charge in [-0.15, -0.1) is 0 Å². The van der Waals surface area contributed by atoms with Crippen LogP contribution in [0.5, 0.6) is 0 Å². The van der Waals surface area contributed by atoms with Crippen molar-refractivity contribution in [1.29, 1.82) is 0 Å². The molecule has 0 saturated heterocycles. The summed E-state index contributed by atoms with van der Waals surface area (Å²) in [6, 6.07) is 0. The topological polar surface area (TPSA) is 31.5 Å². The highest BCUT2D eigenvalue weighted by molar-refractivity contribution is 4.67. The third-order valence-corrected chi connectivity index (χ3v) is 1.20. The maximum absolute atomic E-state index is 7.89. The van der Waals surface area contributed by atoms with E-state index in [2.05, 4.69) is 4.84 Å². The maximum atomic E-state index is 7.89. The minimum Gasteiger partial charge on any atom is -0.260 e. The molecule has 0 unspecified atom stereocenters. The summed E-state index contributed by atoms with van der Waals surface area (Å²) in [6.07, 6.45) is 3.46. The van der Waals surface area contributed by atoms with Gasteiger partial charge in [0, 0.05) is 5.90 Å². The van der Waals surface area contributed by atoms with Gasteiger partial charge in [0.25, 0.3) is 0 Å². The average molecular weight is 85.1 g/mol. The lowest BCUT2D eigenvalue weighted by Crippen LogP contribution is -2.20. The molecule has 34 valence electrons. The van der Waals surface area contributed by atoms with E-state index < -0.39 is 0 Å². The normalized spacial score (nSPS) is 23.5. The van der Waals surface area contributed by atoms with Crippen molar-refractivity contribution in [2.45, 2.75) is 25.4 Å². The van der Waals surface area contributed by atoms with Gasteiger partial charge in [-0.05, 0) is 19.3 Å². The molecule has 1 aliphatic carbocycles.